The Bertz CT molecular complexity index is 73.7. The molecule has 1 saturated heterocycles. The van der Waals surface area contributed by atoms with Gasteiger partial charge >= 0.3 is 0 Å². The third-order valence-electron chi connectivity index (χ3n) is 1.41. The van der Waals surface area contributed by atoms with E-state index in [1.165, 1.54) is 0 Å². The molecule has 3 atom stereocenters. The quantitative estimate of drug-likeness (QED) is 0.434. The highest BCUT2D eigenvalue weighted by Crippen LogP contribution is 2.12. The number of aliphatic hydroxyl groups is 2. The zero-order chi connectivity index (χ0) is 6.15. The molecule has 48 valence electrons. The van der Waals surface area contributed by atoms with Crippen LogP contribution in [-0.4, -0.2) is 35.1 Å². The van der Waals surface area contributed by atoms with Gasteiger partial charge in [-0.25, -0.2) is 0 Å². The summed E-state index contributed by atoms with van der Waals surface area (Å²) < 4.78 is 4.88. The van der Waals surface area contributed by atoms with Gasteiger partial charge in [0.25, 0.3) is 0 Å². The van der Waals surface area contributed by atoms with Gasteiger partial charge in [0, 0.05) is 0 Å². The highest BCUT2D eigenvalue weighted by Gasteiger charge is 2.30. The number of rotatable bonds is 0. The van der Waals surface area contributed by atoms with Crippen LogP contribution < -0.4 is 0 Å². The van der Waals surface area contributed by atoms with Crippen LogP contribution in [0.2, 0.25) is 0 Å². The Kier molecular flexibility index (Phi) is 1.51. The first-order valence-electron chi connectivity index (χ1n) is 2.69. The van der Waals surface area contributed by atoms with Gasteiger partial charge in [-0.15, -0.1) is 0 Å². The lowest BCUT2D eigenvalue weighted by Gasteiger charge is -2.07. The summed E-state index contributed by atoms with van der Waals surface area (Å²) >= 11 is 0. The standard InChI is InChI=1S/C5H10O3/c1-3-5(7)4(6)2-8-3/h3-7H,2H2,1H3/t3?,4-,5+/m0/s1. The van der Waals surface area contributed by atoms with E-state index in [0.717, 1.165) is 0 Å². The van der Waals surface area contributed by atoms with Gasteiger partial charge in [-0.1, -0.05) is 0 Å². The Morgan fingerprint density at radius 1 is 1.50 bits per heavy atom. The molecule has 1 aliphatic rings. The second-order valence-corrected chi connectivity index (χ2v) is 2.10. The van der Waals surface area contributed by atoms with Gasteiger partial charge in [0.05, 0.1) is 12.7 Å². The van der Waals surface area contributed by atoms with Gasteiger partial charge in [-0.3, -0.25) is 0 Å². The second kappa shape index (κ2) is 2.01. The van der Waals surface area contributed by atoms with Crippen LogP contribution in [0.25, 0.3) is 0 Å². The van der Waals surface area contributed by atoms with Gasteiger partial charge in [0.1, 0.15) is 12.2 Å². The molecule has 0 aromatic carbocycles. The molecule has 1 aliphatic heterocycles. The normalized spacial score (nSPS) is 47.6. The van der Waals surface area contributed by atoms with Crippen molar-refractivity contribution in [1.82, 2.24) is 0 Å². The van der Waals surface area contributed by atoms with Crippen molar-refractivity contribution in [3.8, 4) is 0 Å². The van der Waals surface area contributed by atoms with E-state index < -0.39 is 12.2 Å². The molecule has 0 aliphatic carbocycles. The fourth-order valence-corrected chi connectivity index (χ4v) is 0.760. The number of ether oxygens (including phenoxy) is 1. The Hall–Kier alpha value is -0.120. The van der Waals surface area contributed by atoms with E-state index in [2.05, 4.69) is 0 Å². The van der Waals surface area contributed by atoms with Crippen molar-refractivity contribution in [2.45, 2.75) is 25.2 Å². The van der Waals surface area contributed by atoms with Crippen LogP contribution in [0.4, 0.5) is 0 Å². The highest BCUT2D eigenvalue weighted by atomic mass is 16.5. The van der Waals surface area contributed by atoms with Crippen molar-refractivity contribution >= 4 is 0 Å². The molecular formula is C5H10O3. The lowest BCUT2D eigenvalue weighted by atomic mass is 10.2. The minimum Gasteiger partial charge on any atom is -0.388 e. The summed E-state index contributed by atoms with van der Waals surface area (Å²) in [6.07, 6.45) is -1.56. The molecule has 3 heteroatoms. The molecular weight excluding hydrogens is 108 g/mol. The van der Waals surface area contributed by atoms with E-state index in [1.807, 2.05) is 0 Å². The molecule has 0 amide bonds. The summed E-state index contributed by atoms with van der Waals surface area (Å²) in [5.41, 5.74) is 0. The lowest BCUT2D eigenvalue weighted by Crippen LogP contribution is -2.27. The van der Waals surface area contributed by atoms with Crippen molar-refractivity contribution < 1.29 is 14.9 Å². The molecule has 2 N–H and O–H groups in total. The van der Waals surface area contributed by atoms with Crippen molar-refractivity contribution in [2.75, 3.05) is 6.61 Å². The van der Waals surface area contributed by atoms with Crippen LogP contribution in [-0.2, 0) is 4.74 Å². The van der Waals surface area contributed by atoms with Gasteiger partial charge in [-0.05, 0) is 6.92 Å². The predicted molar refractivity (Wildman–Crippen MR) is 27.4 cm³/mol. The predicted octanol–water partition coefficient (Wildman–Crippen LogP) is -0.873. The Labute approximate surface area is 47.9 Å². The van der Waals surface area contributed by atoms with Crippen molar-refractivity contribution in [3.63, 3.8) is 0 Å². The minimum absolute atomic E-state index is 0.204. The van der Waals surface area contributed by atoms with Crippen molar-refractivity contribution in [2.24, 2.45) is 0 Å². The van der Waals surface area contributed by atoms with Crippen molar-refractivity contribution in [3.05, 3.63) is 0 Å². The summed E-state index contributed by atoms with van der Waals surface area (Å²) in [5, 5.41) is 17.7. The summed E-state index contributed by atoms with van der Waals surface area (Å²) in [7, 11) is 0. The SMILES string of the molecule is CC1OC[C@H](O)[C@@H]1O. The van der Waals surface area contributed by atoms with Gasteiger partial charge < -0.3 is 14.9 Å². The van der Waals surface area contributed by atoms with Crippen LogP contribution in [0.1, 0.15) is 6.92 Å². The highest BCUT2D eigenvalue weighted by molar-refractivity contribution is 4.79. The maximum atomic E-state index is 8.89. The minimum atomic E-state index is -0.685. The molecule has 0 radical (unpaired) electrons. The van der Waals surface area contributed by atoms with E-state index in [1.54, 1.807) is 6.92 Å². The average molecular weight is 118 g/mol. The second-order valence-electron chi connectivity index (χ2n) is 2.10. The molecule has 8 heavy (non-hydrogen) atoms. The van der Waals surface area contributed by atoms with Gasteiger partial charge in [0.2, 0.25) is 0 Å². The number of hydrogen-bond acceptors (Lipinski definition) is 3. The first-order valence-corrected chi connectivity index (χ1v) is 2.69. The average Bonchev–Trinajstić information content (AvgIpc) is 1.98. The molecule has 0 saturated carbocycles. The lowest BCUT2D eigenvalue weighted by molar-refractivity contribution is 0.0318. The summed E-state index contributed by atoms with van der Waals surface area (Å²) in [5.74, 6) is 0. The van der Waals surface area contributed by atoms with E-state index in [0.29, 0.717) is 0 Å². The maximum Gasteiger partial charge on any atom is 0.108 e. The molecule has 1 fully saturated rings. The Balaban J connectivity index is 2.44. The smallest absolute Gasteiger partial charge is 0.108 e. The third kappa shape index (κ3) is 0.844. The van der Waals surface area contributed by atoms with Crippen molar-refractivity contribution in [1.29, 1.82) is 0 Å². The first kappa shape index (κ1) is 6.01. The molecule has 3 nitrogen and oxygen atoms in total. The van der Waals surface area contributed by atoms with E-state index in [9.17, 15) is 0 Å². The summed E-state index contributed by atoms with van der Waals surface area (Å²) in [6, 6.07) is 0. The monoisotopic (exact) mass is 118 g/mol. The molecule has 1 unspecified atom stereocenters. The molecule has 0 aromatic heterocycles. The van der Waals surface area contributed by atoms with Crippen LogP contribution in [0.15, 0.2) is 0 Å². The fraction of sp³-hybridized carbons (Fsp3) is 1.00. The van der Waals surface area contributed by atoms with Crippen LogP contribution >= 0.6 is 0 Å². The van der Waals surface area contributed by atoms with Crippen LogP contribution in [0, 0.1) is 0 Å². The first-order chi connectivity index (χ1) is 3.72. The summed E-state index contributed by atoms with van der Waals surface area (Å²) in [6.45, 7) is 2.00. The topological polar surface area (TPSA) is 49.7 Å². The third-order valence-corrected chi connectivity index (χ3v) is 1.41. The van der Waals surface area contributed by atoms with E-state index in [-0.39, 0.29) is 12.7 Å². The Morgan fingerprint density at radius 3 is 2.25 bits per heavy atom. The zero-order valence-electron chi connectivity index (χ0n) is 4.74. The molecule has 1 rings (SSSR count). The van der Waals surface area contributed by atoms with E-state index >= 15 is 0 Å². The molecule has 0 aromatic rings. The van der Waals surface area contributed by atoms with Gasteiger partial charge in [0.15, 0.2) is 0 Å². The fourth-order valence-electron chi connectivity index (χ4n) is 0.760. The molecule has 0 spiro atoms. The van der Waals surface area contributed by atoms with Crippen LogP contribution in [0.5, 0.6) is 0 Å². The Morgan fingerprint density at radius 2 is 2.12 bits per heavy atom. The van der Waals surface area contributed by atoms with Gasteiger partial charge in [-0.2, -0.15) is 0 Å². The maximum absolute atomic E-state index is 8.89. The molecule has 1 heterocycles. The molecule has 0 bridgehead atoms. The zero-order valence-corrected chi connectivity index (χ0v) is 4.74. The summed E-state index contributed by atoms with van der Waals surface area (Å²) in [4.78, 5) is 0. The van der Waals surface area contributed by atoms with E-state index in [4.69, 9.17) is 14.9 Å². The number of aliphatic hydroxyl groups excluding tert-OH is 2. The van der Waals surface area contributed by atoms with Crippen LogP contribution in [0.3, 0.4) is 0 Å². The largest absolute Gasteiger partial charge is 0.388 e. The number of hydrogen-bond donors (Lipinski definition) is 2.